The van der Waals surface area contributed by atoms with Crippen molar-refractivity contribution in [3.05, 3.63) is 82.4 Å². The van der Waals surface area contributed by atoms with Crippen LogP contribution in [0.5, 0.6) is 0 Å². The quantitative estimate of drug-likeness (QED) is 0.672. The Morgan fingerprint density at radius 1 is 1.17 bits per heavy atom. The Morgan fingerprint density at radius 2 is 2.11 bits per heavy atom. The molecule has 2 heterocycles. The zero-order chi connectivity index (χ0) is 11.9. The minimum Gasteiger partial charge on any atom is -0.465 e. The largest absolute Gasteiger partial charge is 0.465 e. The Labute approximate surface area is 105 Å². The highest BCUT2D eigenvalue weighted by molar-refractivity contribution is 5.77. The average Bonchev–Trinajstić information content (AvgIpc) is 2.69. The van der Waals surface area contributed by atoms with Crippen LogP contribution in [-0.4, -0.2) is 0 Å². The van der Waals surface area contributed by atoms with E-state index in [1.807, 2.05) is 30.4 Å². The third kappa shape index (κ3) is 1.26. The number of para-hydroxylation sites is 1. The third-order valence-electron chi connectivity index (χ3n) is 3.40. The van der Waals surface area contributed by atoms with Gasteiger partial charge in [0, 0.05) is 16.4 Å². The normalized spacial score (nSPS) is 19.3. The second kappa shape index (κ2) is 3.57. The van der Waals surface area contributed by atoms with Gasteiger partial charge in [0.05, 0.1) is 17.3 Å². The number of benzene rings is 1. The van der Waals surface area contributed by atoms with Crippen LogP contribution in [0.3, 0.4) is 0 Å². The van der Waals surface area contributed by atoms with Crippen LogP contribution in [0.15, 0.2) is 76.9 Å². The first-order valence-corrected chi connectivity index (χ1v) is 6.05. The monoisotopic (exact) mass is 233 g/mol. The zero-order valence-electron chi connectivity index (χ0n) is 9.76. The van der Waals surface area contributed by atoms with E-state index in [0.717, 1.165) is 23.2 Å². The number of ether oxygens (including phenoxy) is 1. The van der Waals surface area contributed by atoms with Gasteiger partial charge in [0.1, 0.15) is 5.76 Å². The van der Waals surface area contributed by atoms with Crippen LogP contribution in [0, 0.1) is 0 Å². The van der Waals surface area contributed by atoms with Crippen LogP contribution < -0.4 is 10.6 Å². The first kappa shape index (κ1) is 9.66. The molecule has 0 unspecified atom stereocenters. The Balaban J connectivity index is 2.11. The maximum Gasteiger partial charge on any atom is 0.132 e. The predicted octanol–water partition coefficient (Wildman–Crippen LogP) is 2.11. The summed E-state index contributed by atoms with van der Waals surface area (Å²) in [6.07, 6.45) is 10.8. The number of allylic oxidation sites excluding steroid dienone is 5. The molecule has 0 saturated carbocycles. The van der Waals surface area contributed by atoms with Gasteiger partial charge < -0.3 is 4.74 Å². The minimum absolute atomic E-state index is 0.879. The molecule has 3 aliphatic rings. The Bertz CT molecular complexity index is 776. The molecule has 0 radical (unpaired) electrons. The first-order chi connectivity index (χ1) is 8.93. The molecule has 0 amide bonds. The van der Waals surface area contributed by atoms with Gasteiger partial charge in [0.15, 0.2) is 0 Å². The van der Waals surface area contributed by atoms with Crippen molar-refractivity contribution < 1.29 is 4.74 Å². The number of hydrogen-bond acceptors (Lipinski definition) is 2. The van der Waals surface area contributed by atoms with Crippen molar-refractivity contribution in [1.82, 2.24) is 0 Å². The van der Waals surface area contributed by atoms with Crippen molar-refractivity contribution in [1.29, 1.82) is 0 Å². The Kier molecular flexibility index (Phi) is 1.92. The summed E-state index contributed by atoms with van der Waals surface area (Å²) in [5, 5.41) is 2.24. The summed E-state index contributed by atoms with van der Waals surface area (Å²) >= 11 is 0. The smallest absolute Gasteiger partial charge is 0.132 e. The second-order valence-electron chi connectivity index (χ2n) is 4.45. The second-order valence-corrected chi connectivity index (χ2v) is 4.45. The predicted molar refractivity (Wildman–Crippen MR) is 69.7 cm³/mol. The van der Waals surface area contributed by atoms with Gasteiger partial charge in [0.25, 0.3) is 0 Å². The standard InChI is InChI=1S/C16H11NO/c1-3-7-14-11(5-1)12-9-10-18-15-8-4-2-6-13(15)16(12)17-14/h1-5,7-10H,6H2. The molecule has 0 saturated heterocycles. The number of nitrogens with zero attached hydrogens (tertiary/aromatic N) is 1. The summed E-state index contributed by atoms with van der Waals surface area (Å²) in [5.74, 6) is 0.912. The maximum atomic E-state index is 5.65. The molecule has 2 aliphatic heterocycles. The van der Waals surface area contributed by atoms with E-state index in [9.17, 15) is 0 Å². The van der Waals surface area contributed by atoms with Gasteiger partial charge in [-0.1, -0.05) is 30.4 Å². The summed E-state index contributed by atoms with van der Waals surface area (Å²) < 4.78 is 5.65. The lowest BCUT2D eigenvalue weighted by molar-refractivity contribution is 0.360. The van der Waals surface area contributed by atoms with Crippen molar-refractivity contribution >= 4 is 5.57 Å². The lowest BCUT2D eigenvalue weighted by Crippen LogP contribution is -2.21. The Hall–Kier alpha value is -2.35. The molecule has 0 N–H and O–H groups in total. The summed E-state index contributed by atoms with van der Waals surface area (Å²) in [7, 11) is 0. The van der Waals surface area contributed by atoms with Crippen LogP contribution in [0.25, 0.3) is 5.57 Å². The van der Waals surface area contributed by atoms with Crippen LogP contribution in [0.1, 0.15) is 6.42 Å². The average molecular weight is 233 g/mol. The molecule has 2 heteroatoms. The number of rotatable bonds is 0. The molecule has 2 nitrogen and oxygen atoms in total. The van der Waals surface area contributed by atoms with Crippen LogP contribution >= 0.6 is 0 Å². The molecule has 0 atom stereocenters. The van der Waals surface area contributed by atoms with Gasteiger partial charge in [-0.15, -0.1) is 0 Å². The van der Waals surface area contributed by atoms with E-state index >= 15 is 0 Å². The van der Waals surface area contributed by atoms with Crippen LogP contribution in [0.2, 0.25) is 0 Å². The van der Waals surface area contributed by atoms with E-state index in [0.29, 0.717) is 0 Å². The molecule has 0 spiro atoms. The summed E-state index contributed by atoms with van der Waals surface area (Å²) in [4.78, 5) is 4.75. The number of fused-ring (bicyclic) bond motifs is 3. The SMILES string of the molecule is C1=CCC2=C3N=c4ccccc4=C3C=COC2=C1. The zero-order valence-corrected chi connectivity index (χ0v) is 9.76. The molecule has 0 bridgehead atoms. The summed E-state index contributed by atoms with van der Waals surface area (Å²) in [5.41, 5.74) is 3.40. The third-order valence-corrected chi connectivity index (χ3v) is 3.40. The van der Waals surface area contributed by atoms with E-state index in [1.54, 1.807) is 6.26 Å². The van der Waals surface area contributed by atoms with Crippen molar-refractivity contribution in [3.63, 3.8) is 0 Å². The van der Waals surface area contributed by atoms with Crippen LogP contribution in [0.4, 0.5) is 0 Å². The van der Waals surface area contributed by atoms with Crippen molar-refractivity contribution in [2.24, 2.45) is 4.99 Å². The first-order valence-electron chi connectivity index (χ1n) is 6.05. The van der Waals surface area contributed by atoms with Crippen LogP contribution in [-0.2, 0) is 4.74 Å². The molecule has 1 aromatic rings. The molecular weight excluding hydrogens is 222 g/mol. The van der Waals surface area contributed by atoms with E-state index in [1.165, 1.54) is 16.4 Å². The molecule has 4 rings (SSSR count). The highest BCUT2D eigenvalue weighted by atomic mass is 16.5. The van der Waals surface area contributed by atoms with Gasteiger partial charge >= 0.3 is 0 Å². The number of hydrogen-bond donors (Lipinski definition) is 0. The summed E-state index contributed by atoms with van der Waals surface area (Å²) in [6, 6.07) is 8.24. The van der Waals surface area contributed by atoms with Gasteiger partial charge in [-0.25, -0.2) is 4.99 Å². The molecule has 0 fully saturated rings. The fraction of sp³-hybridized carbons (Fsp3) is 0.0625. The topological polar surface area (TPSA) is 21.6 Å². The minimum atomic E-state index is 0.879. The van der Waals surface area contributed by atoms with E-state index in [2.05, 4.69) is 18.2 Å². The lowest BCUT2D eigenvalue weighted by Gasteiger charge is -2.12. The van der Waals surface area contributed by atoms with Gasteiger partial charge in [-0.3, -0.25) is 0 Å². The van der Waals surface area contributed by atoms with E-state index in [4.69, 9.17) is 9.73 Å². The van der Waals surface area contributed by atoms with Gasteiger partial charge in [0.2, 0.25) is 0 Å². The summed E-state index contributed by atoms with van der Waals surface area (Å²) in [6.45, 7) is 0. The molecule has 18 heavy (non-hydrogen) atoms. The van der Waals surface area contributed by atoms with E-state index in [-0.39, 0.29) is 0 Å². The van der Waals surface area contributed by atoms with Crippen molar-refractivity contribution in [3.8, 4) is 0 Å². The molecule has 1 aliphatic carbocycles. The fourth-order valence-electron chi connectivity index (χ4n) is 2.55. The lowest BCUT2D eigenvalue weighted by atomic mass is 10.00. The van der Waals surface area contributed by atoms with Gasteiger partial charge in [-0.05, 0) is 24.6 Å². The van der Waals surface area contributed by atoms with Crippen molar-refractivity contribution in [2.75, 3.05) is 0 Å². The molecule has 0 aromatic heterocycles. The Morgan fingerprint density at radius 3 is 3.11 bits per heavy atom. The highest BCUT2D eigenvalue weighted by Crippen LogP contribution is 2.32. The molecular formula is C16H11NO. The molecule has 1 aromatic carbocycles. The fourth-order valence-corrected chi connectivity index (χ4v) is 2.55. The maximum absolute atomic E-state index is 5.65. The van der Waals surface area contributed by atoms with Gasteiger partial charge in [-0.2, -0.15) is 0 Å². The van der Waals surface area contributed by atoms with Crippen molar-refractivity contribution in [2.45, 2.75) is 6.42 Å². The molecule has 86 valence electrons. The van der Waals surface area contributed by atoms with E-state index < -0.39 is 0 Å². The highest BCUT2D eigenvalue weighted by Gasteiger charge is 2.21.